The number of nitrogens with zero attached hydrogens (tertiary/aromatic N) is 1. The van der Waals surface area contributed by atoms with Gasteiger partial charge in [0.05, 0.1) is 0 Å². The van der Waals surface area contributed by atoms with Crippen LogP contribution in [0.25, 0.3) is 0 Å². The van der Waals surface area contributed by atoms with E-state index >= 15 is 0 Å². The van der Waals surface area contributed by atoms with Crippen molar-refractivity contribution < 1.29 is 0 Å². The molecule has 19 heavy (non-hydrogen) atoms. The van der Waals surface area contributed by atoms with E-state index in [-0.39, 0.29) is 0 Å². The minimum absolute atomic E-state index is 0.911. The summed E-state index contributed by atoms with van der Waals surface area (Å²) in [7, 11) is 0. The molecule has 0 aromatic carbocycles. The summed E-state index contributed by atoms with van der Waals surface area (Å²) in [6.07, 6.45) is 12.9. The van der Waals surface area contributed by atoms with Crippen LogP contribution in [-0.2, 0) is 0 Å². The molecule has 0 aromatic rings. The zero-order valence-corrected chi connectivity index (χ0v) is 13.4. The van der Waals surface area contributed by atoms with E-state index in [1.54, 1.807) is 0 Å². The summed E-state index contributed by atoms with van der Waals surface area (Å²) in [5, 5.41) is 3.48. The first kappa shape index (κ1) is 17.0. The van der Waals surface area contributed by atoms with Gasteiger partial charge in [0, 0.05) is 6.54 Å². The van der Waals surface area contributed by atoms with Crippen molar-refractivity contribution in [1.82, 2.24) is 10.2 Å². The number of rotatable bonds is 12. The van der Waals surface area contributed by atoms with Crippen molar-refractivity contribution in [2.24, 2.45) is 5.92 Å². The van der Waals surface area contributed by atoms with E-state index in [1.807, 2.05) is 0 Å². The highest BCUT2D eigenvalue weighted by Crippen LogP contribution is 2.16. The smallest absolute Gasteiger partial charge is 0.00223 e. The highest BCUT2D eigenvalue weighted by Gasteiger charge is 2.20. The highest BCUT2D eigenvalue weighted by molar-refractivity contribution is 4.76. The molecule has 1 saturated heterocycles. The molecule has 0 radical (unpaired) electrons. The summed E-state index contributed by atoms with van der Waals surface area (Å²) in [6.45, 7) is 10.9. The molecular formula is C17H36N2. The Bertz CT molecular complexity index is 194. The Hall–Kier alpha value is -0.0800. The second kappa shape index (κ2) is 11.7. The first-order chi connectivity index (χ1) is 9.36. The Morgan fingerprint density at radius 2 is 1.63 bits per heavy atom. The van der Waals surface area contributed by atoms with Crippen LogP contribution in [0.4, 0.5) is 0 Å². The van der Waals surface area contributed by atoms with Gasteiger partial charge in [0.15, 0.2) is 0 Å². The van der Waals surface area contributed by atoms with Crippen LogP contribution in [0.3, 0.4) is 0 Å². The molecule has 1 heterocycles. The Morgan fingerprint density at radius 3 is 2.32 bits per heavy atom. The summed E-state index contributed by atoms with van der Waals surface area (Å²) < 4.78 is 0. The predicted molar refractivity (Wildman–Crippen MR) is 85.7 cm³/mol. The van der Waals surface area contributed by atoms with Gasteiger partial charge in [-0.3, -0.25) is 0 Å². The van der Waals surface area contributed by atoms with E-state index in [1.165, 1.54) is 84.0 Å². The van der Waals surface area contributed by atoms with E-state index in [2.05, 4.69) is 24.1 Å². The van der Waals surface area contributed by atoms with Gasteiger partial charge in [0.2, 0.25) is 0 Å². The maximum Gasteiger partial charge on any atom is 0.00223 e. The van der Waals surface area contributed by atoms with Crippen LogP contribution in [0.1, 0.15) is 71.6 Å². The number of hydrogen-bond acceptors (Lipinski definition) is 2. The minimum atomic E-state index is 0.911. The van der Waals surface area contributed by atoms with E-state index in [0.717, 1.165) is 12.5 Å². The van der Waals surface area contributed by atoms with Crippen molar-refractivity contribution in [2.75, 3.05) is 32.7 Å². The van der Waals surface area contributed by atoms with Gasteiger partial charge in [0.1, 0.15) is 0 Å². The Kier molecular flexibility index (Phi) is 10.5. The van der Waals surface area contributed by atoms with Crippen LogP contribution in [0.15, 0.2) is 0 Å². The van der Waals surface area contributed by atoms with Gasteiger partial charge in [-0.15, -0.1) is 0 Å². The molecule has 2 heteroatoms. The van der Waals surface area contributed by atoms with Crippen LogP contribution in [-0.4, -0.2) is 37.6 Å². The fourth-order valence-corrected chi connectivity index (χ4v) is 3.10. The second-order valence-electron chi connectivity index (χ2n) is 6.24. The summed E-state index contributed by atoms with van der Waals surface area (Å²) >= 11 is 0. The fraction of sp³-hybridized carbons (Fsp3) is 1.00. The number of likely N-dealkylation sites (tertiary alicyclic amines) is 1. The minimum Gasteiger partial charge on any atom is -0.317 e. The molecule has 0 aliphatic carbocycles. The van der Waals surface area contributed by atoms with Gasteiger partial charge in [-0.25, -0.2) is 0 Å². The summed E-state index contributed by atoms with van der Waals surface area (Å²) in [5.41, 5.74) is 0. The molecule has 0 bridgehead atoms. The zero-order chi connectivity index (χ0) is 13.8. The van der Waals surface area contributed by atoms with Crippen LogP contribution in [0, 0.1) is 5.92 Å². The van der Waals surface area contributed by atoms with Gasteiger partial charge >= 0.3 is 0 Å². The van der Waals surface area contributed by atoms with E-state index in [0.29, 0.717) is 0 Å². The molecule has 1 atom stereocenters. The highest BCUT2D eigenvalue weighted by atomic mass is 15.1. The quantitative estimate of drug-likeness (QED) is 0.537. The predicted octanol–water partition coefficient (Wildman–Crippen LogP) is 4.06. The maximum atomic E-state index is 3.48. The molecule has 0 spiro atoms. The lowest BCUT2D eigenvalue weighted by molar-refractivity contribution is 0.312. The lowest BCUT2D eigenvalue weighted by atomic mass is 10.1. The summed E-state index contributed by atoms with van der Waals surface area (Å²) in [4.78, 5) is 2.68. The molecule has 1 aliphatic rings. The third-order valence-corrected chi connectivity index (χ3v) is 4.38. The average molecular weight is 268 g/mol. The van der Waals surface area contributed by atoms with Crippen LogP contribution in [0.2, 0.25) is 0 Å². The number of unbranched alkanes of at least 4 members (excludes halogenated alkanes) is 7. The zero-order valence-electron chi connectivity index (χ0n) is 13.4. The van der Waals surface area contributed by atoms with Crippen LogP contribution >= 0.6 is 0 Å². The third kappa shape index (κ3) is 8.65. The SMILES string of the molecule is CCCCCCCCCCN1CCC(CNCC)C1. The second-order valence-corrected chi connectivity index (χ2v) is 6.24. The largest absolute Gasteiger partial charge is 0.317 e. The van der Waals surface area contributed by atoms with Crippen molar-refractivity contribution in [1.29, 1.82) is 0 Å². The van der Waals surface area contributed by atoms with Gasteiger partial charge in [0.25, 0.3) is 0 Å². The summed E-state index contributed by atoms with van der Waals surface area (Å²) in [5.74, 6) is 0.911. The van der Waals surface area contributed by atoms with Crippen molar-refractivity contribution in [3.8, 4) is 0 Å². The normalized spacial score (nSPS) is 20.2. The number of nitrogens with one attached hydrogen (secondary N) is 1. The topological polar surface area (TPSA) is 15.3 Å². The first-order valence-corrected chi connectivity index (χ1v) is 8.79. The molecule has 1 unspecified atom stereocenters. The molecule has 2 nitrogen and oxygen atoms in total. The summed E-state index contributed by atoms with van der Waals surface area (Å²) in [6, 6.07) is 0. The molecule has 1 aliphatic heterocycles. The van der Waals surface area contributed by atoms with E-state index in [9.17, 15) is 0 Å². The van der Waals surface area contributed by atoms with Crippen molar-refractivity contribution in [3.05, 3.63) is 0 Å². The monoisotopic (exact) mass is 268 g/mol. The molecule has 1 fully saturated rings. The molecular weight excluding hydrogens is 232 g/mol. The Balaban J connectivity index is 1.85. The van der Waals surface area contributed by atoms with Crippen molar-refractivity contribution >= 4 is 0 Å². The Morgan fingerprint density at radius 1 is 0.947 bits per heavy atom. The molecule has 0 saturated carbocycles. The van der Waals surface area contributed by atoms with Crippen molar-refractivity contribution in [3.63, 3.8) is 0 Å². The van der Waals surface area contributed by atoms with Gasteiger partial charge in [-0.2, -0.15) is 0 Å². The molecule has 0 amide bonds. The van der Waals surface area contributed by atoms with Gasteiger partial charge < -0.3 is 10.2 Å². The third-order valence-electron chi connectivity index (χ3n) is 4.38. The van der Waals surface area contributed by atoms with Crippen LogP contribution < -0.4 is 5.32 Å². The molecule has 114 valence electrons. The maximum absolute atomic E-state index is 3.48. The van der Waals surface area contributed by atoms with Crippen LogP contribution in [0.5, 0.6) is 0 Å². The van der Waals surface area contributed by atoms with E-state index < -0.39 is 0 Å². The van der Waals surface area contributed by atoms with Gasteiger partial charge in [-0.05, 0) is 44.9 Å². The van der Waals surface area contributed by atoms with Crippen molar-refractivity contribution in [2.45, 2.75) is 71.6 Å². The lowest BCUT2D eigenvalue weighted by Crippen LogP contribution is -2.26. The number of hydrogen-bond donors (Lipinski definition) is 1. The van der Waals surface area contributed by atoms with E-state index in [4.69, 9.17) is 0 Å². The molecule has 0 aromatic heterocycles. The lowest BCUT2D eigenvalue weighted by Gasteiger charge is -2.16. The molecule has 1 rings (SSSR count). The fourth-order valence-electron chi connectivity index (χ4n) is 3.10. The first-order valence-electron chi connectivity index (χ1n) is 8.79. The van der Waals surface area contributed by atoms with Gasteiger partial charge in [-0.1, -0.05) is 58.8 Å². The standard InChI is InChI=1S/C17H36N2/c1-3-5-6-7-8-9-10-11-13-19-14-12-17(16-19)15-18-4-2/h17-18H,3-16H2,1-2H3. The molecule has 1 N–H and O–H groups in total. The average Bonchev–Trinajstić information content (AvgIpc) is 2.87. The Labute approximate surface area is 121 Å².